The summed E-state index contributed by atoms with van der Waals surface area (Å²) in [6, 6.07) is 3.47. The highest BCUT2D eigenvalue weighted by Crippen LogP contribution is 2.38. The molecule has 3 heteroatoms. The van der Waals surface area contributed by atoms with Gasteiger partial charge in [0.1, 0.15) is 0 Å². The van der Waals surface area contributed by atoms with Crippen LogP contribution in [0.3, 0.4) is 0 Å². The number of rotatable bonds is 3. The Morgan fingerprint density at radius 1 is 1.30 bits per heavy atom. The number of nitrogens with two attached hydrogens (primary N) is 1. The monoisotopic (exact) mass is 292 g/mol. The van der Waals surface area contributed by atoms with Gasteiger partial charge in [-0.2, -0.15) is 0 Å². The maximum Gasteiger partial charge on any atom is 0.0334 e. The summed E-state index contributed by atoms with van der Waals surface area (Å²) in [6.45, 7) is 6.79. The predicted octanol–water partition coefficient (Wildman–Crippen LogP) is 3.82. The zero-order valence-electron chi connectivity index (χ0n) is 12.8. The highest BCUT2D eigenvalue weighted by molar-refractivity contribution is 7.10. The van der Waals surface area contributed by atoms with E-state index < -0.39 is 0 Å². The smallest absolute Gasteiger partial charge is 0.0334 e. The molecule has 1 aromatic heterocycles. The van der Waals surface area contributed by atoms with Gasteiger partial charge in [-0.15, -0.1) is 11.3 Å². The van der Waals surface area contributed by atoms with Gasteiger partial charge in [-0.3, -0.25) is 4.90 Å². The molecule has 0 radical (unpaired) electrons. The van der Waals surface area contributed by atoms with Crippen molar-refractivity contribution in [2.75, 3.05) is 13.1 Å². The molecule has 2 nitrogen and oxygen atoms in total. The van der Waals surface area contributed by atoms with Crippen molar-refractivity contribution in [2.45, 2.75) is 58.0 Å². The molecule has 0 aromatic carbocycles. The van der Waals surface area contributed by atoms with Crippen LogP contribution in [0.25, 0.3) is 0 Å². The van der Waals surface area contributed by atoms with Crippen molar-refractivity contribution in [1.29, 1.82) is 0 Å². The lowest BCUT2D eigenvalue weighted by Gasteiger charge is -2.44. The molecule has 1 aromatic rings. The summed E-state index contributed by atoms with van der Waals surface area (Å²) in [7, 11) is 0. The summed E-state index contributed by atoms with van der Waals surface area (Å²) in [6.07, 6.45) is 6.77. The third-order valence-corrected chi connectivity index (χ3v) is 6.59. The minimum atomic E-state index is 0.554. The minimum absolute atomic E-state index is 0.554. The Balaban J connectivity index is 1.73. The first-order valence-corrected chi connectivity index (χ1v) is 9.10. The molecule has 1 aliphatic heterocycles. The van der Waals surface area contributed by atoms with Crippen molar-refractivity contribution in [2.24, 2.45) is 17.6 Å². The minimum Gasteiger partial charge on any atom is -0.329 e. The number of hydrogen-bond acceptors (Lipinski definition) is 3. The van der Waals surface area contributed by atoms with Gasteiger partial charge < -0.3 is 5.73 Å². The Hall–Kier alpha value is -0.380. The molecule has 20 heavy (non-hydrogen) atoms. The van der Waals surface area contributed by atoms with Gasteiger partial charge in [-0.05, 0) is 55.0 Å². The zero-order chi connectivity index (χ0) is 14.1. The zero-order valence-corrected chi connectivity index (χ0v) is 13.7. The Labute approximate surface area is 127 Å². The van der Waals surface area contributed by atoms with Crippen molar-refractivity contribution in [3.05, 3.63) is 21.9 Å². The van der Waals surface area contributed by atoms with Crippen LogP contribution in [0.1, 0.15) is 56.0 Å². The van der Waals surface area contributed by atoms with Crippen LogP contribution in [0.2, 0.25) is 0 Å². The average molecular weight is 292 g/mol. The predicted molar refractivity (Wildman–Crippen MR) is 87.1 cm³/mol. The lowest BCUT2D eigenvalue weighted by molar-refractivity contribution is 0.0730. The summed E-state index contributed by atoms with van der Waals surface area (Å²) >= 11 is 1.93. The van der Waals surface area contributed by atoms with Crippen LogP contribution in [0.4, 0.5) is 0 Å². The lowest BCUT2D eigenvalue weighted by Crippen LogP contribution is -2.49. The van der Waals surface area contributed by atoms with E-state index in [9.17, 15) is 0 Å². The van der Waals surface area contributed by atoms with Crippen molar-refractivity contribution in [3.8, 4) is 0 Å². The van der Waals surface area contributed by atoms with Crippen LogP contribution in [0, 0.1) is 11.8 Å². The first kappa shape index (κ1) is 14.6. The summed E-state index contributed by atoms with van der Waals surface area (Å²) in [5, 5.41) is 2.25. The van der Waals surface area contributed by atoms with Gasteiger partial charge in [0.25, 0.3) is 0 Å². The molecule has 2 unspecified atom stereocenters. The number of thiophene rings is 1. The third-order valence-electron chi connectivity index (χ3n) is 5.60. The quantitative estimate of drug-likeness (QED) is 0.917. The second-order valence-corrected chi connectivity index (χ2v) is 7.79. The summed E-state index contributed by atoms with van der Waals surface area (Å²) < 4.78 is 0. The van der Waals surface area contributed by atoms with Crippen LogP contribution >= 0.6 is 11.3 Å². The SMILES string of the molecule is CC1CCC(C(CN)N2CCc3sccc3C2C)CC1. The number of nitrogens with zero attached hydrogens (tertiary/aromatic N) is 1. The summed E-state index contributed by atoms with van der Waals surface area (Å²) in [4.78, 5) is 4.30. The molecule has 1 aliphatic carbocycles. The maximum atomic E-state index is 6.19. The van der Waals surface area contributed by atoms with Crippen molar-refractivity contribution < 1.29 is 0 Å². The topological polar surface area (TPSA) is 29.3 Å². The van der Waals surface area contributed by atoms with E-state index in [4.69, 9.17) is 5.73 Å². The fraction of sp³-hybridized carbons (Fsp3) is 0.765. The Morgan fingerprint density at radius 3 is 2.75 bits per heavy atom. The molecule has 0 amide bonds. The molecule has 2 N–H and O–H groups in total. The number of hydrogen-bond donors (Lipinski definition) is 1. The Morgan fingerprint density at radius 2 is 2.05 bits per heavy atom. The average Bonchev–Trinajstić information content (AvgIpc) is 2.93. The lowest BCUT2D eigenvalue weighted by atomic mass is 9.78. The molecule has 1 saturated carbocycles. The van der Waals surface area contributed by atoms with Crippen LogP contribution in [0.5, 0.6) is 0 Å². The van der Waals surface area contributed by atoms with E-state index in [0.29, 0.717) is 12.1 Å². The molecule has 112 valence electrons. The van der Waals surface area contributed by atoms with E-state index in [1.807, 2.05) is 11.3 Å². The Bertz CT molecular complexity index is 434. The van der Waals surface area contributed by atoms with E-state index in [0.717, 1.165) is 18.4 Å². The standard InChI is InChI=1S/C17H28N2S/c1-12-3-5-14(6-4-12)16(11-18)19-9-7-17-15(13(19)2)8-10-20-17/h8,10,12-14,16H,3-7,9,11,18H2,1-2H3. The van der Waals surface area contributed by atoms with Crippen molar-refractivity contribution in [3.63, 3.8) is 0 Å². The molecule has 2 aliphatic rings. The second kappa shape index (κ2) is 6.17. The van der Waals surface area contributed by atoms with Crippen molar-refractivity contribution in [1.82, 2.24) is 4.90 Å². The molecule has 2 heterocycles. The maximum absolute atomic E-state index is 6.19. The first-order valence-electron chi connectivity index (χ1n) is 8.22. The summed E-state index contributed by atoms with van der Waals surface area (Å²) in [5.74, 6) is 1.74. The van der Waals surface area contributed by atoms with Gasteiger partial charge in [-0.1, -0.05) is 19.8 Å². The molecular weight excluding hydrogens is 264 g/mol. The molecule has 0 saturated heterocycles. The van der Waals surface area contributed by atoms with Crippen molar-refractivity contribution >= 4 is 11.3 Å². The fourth-order valence-electron chi connectivity index (χ4n) is 4.25. The van der Waals surface area contributed by atoms with E-state index in [1.54, 1.807) is 10.4 Å². The van der Waals surface area contributed by atoms with E-state index >= 15 is 0 Å². The summed E-state index contributed by atoms with van der Waals surface area (Å²) in [5.41, 5.74) is 7.75. The van der Waals surface area contributed by atoms with Gasteiger partial charge in [0, 0.05) is 30.1 Å². The van der Waals surface area contributed by atoms with Gasteiger partial charge in [-0.25, -0.2) is 0 Å². The fourth-order valence-corrected chi connectivity index (χ4v) is 5.21. The highest BCUT2D eigenvalue weighted by Gasteiger charge is 2.34. The molecule has 2 atom stereocenters. The van der Waals surface area contributed by atoms with E-state index in [2.05, 4.69) is 30.2 Å². The van der Waals surface area contributed by atoms with Crippen LogP contribution in [0.15, 0.2) is 11.4 Å². The van der Waals surface area contributed by atoms with Crippen LogP contribution in [-0.4, -0.2) is 24.0 Å². The molecule has 0 bridgehead atoms. The van der Waals surface area contributed by atoms with Gasteiger partial charge in [0.05, 0.1) is 0 Å². The number of fused-ring (bicyclic) bond motifs is 1. The molecule has 3 rings (SSSR count). The first-order chi connectivity index (χ1) is 9.70. The van der Waals surface area contributed by atoms with Gasteiger partial charge >= 0.3 is 0 Å². The van der Waals surface area contributed by atoms with Crippen LogP contribution < -0.4 is 5.73 Å². The molecular formula is C17H28N2S. The van der Waals surface area contributed by atoms with Crippen LogP contribution in [-0.2, 0) is 6.42 Å². The van der Waals surface area contributed by atoms with Gasteiger partial charge in [0.15, 0.2) is 0 Å². The molecule has 0 spiro atoms. The Kier molecular flexibility index (Phi) is 4.49. The second-order valence-electron chi connectivity index (χ2n) is 6.79. The largest absolute Gasteiger partial charge is 0.329 e. The van der Waals surface area contributed by atoms with E-state index in [1.165, 1.54) is 38.6 Å². The van der Waals surface area contributed by atoms with E-state index in [-0.39, 0.29) is 0 Å². The third kappa shape index (κ3) is 2.68. The van der Waals surface area contributed by atoms with Gasteiger partial charge in [0.2, 0.25) is 0 Å². The normalized spacial score (nSPS) is 32.9. The molecule has 1 fully saturated rings. The highest BCUT2D eigenvalue weighted by atomic mass is 32.1.